The molecule has 0 saturated heterocycles. The number of aliphatic imine (C=N–C) groups is 2. The van der Waals surface area contributed by atoms with E-state index in [0.29, 0.717) is 24.6 Å². The maximum absolute atomic E-state index is 12.1. The summed E-state index contributed by atoms with van der Waals surface area (Å²) in [4.78, 5) is 32.7. The molecule has 13 nitrogen and oxygen atoms in total. The molecular weight excluding hydrogens is 530 g/mol. The van der Waals surface area contributed by atoms with E-state index in [1.54, 1.807) is 20.8 Å². The molecule has 0 spiro atoms. The van der Waals surface area contributed by atoms with Gasteiger partial charge in [0.25, 0.3) is 11.8 Å². The van der Waals surface area contributed by atoms with Crippen LogP contribution in [-0.2, 0) is 9.59 Å². The Kier molecular flexibility index (Phi) is 18.6. The minimum Gasteiger partial charge on any atom is -0.387 e. The van der Waals surface area contributed by atoms with E-state index in [2.05, 4.69) is 46.7 Å². The molecule has 240 valence electrons. The minimum absolute atomic E-state index is 0.0384. The van der Waals surface area contributed by atoms with E-state index in [9.17, 15) is 30.0 Å². The standard InChI is InChI=1S/C28H57N7O6/c1-7-14-28(5,6)34-18-17-32-20(30)13-11-9-8-10-12-19(29)31-15-16-33-25(40)23(38)21(36)22(37)24(39)26(41)35-27(2,3)4/h21-24,34,36-39H,7-18H2,1-6H3,(H2,29,31)(H2,30,32)(H,33,40)(H,35,41). The van der Waals surface area contributed by atoms with Gasteiger partial charge in [0.15, 0.2) is 12.2 Å². The van der Waals surface area contributed by atoms with Gasteiger partial charge >= 0.3 is 0 Å². The van der Waals surface area contributed by atoms with Gasteiger partial charge in [-0.2, -0.15) is 0 Å². The minimum atomic E-state index is -2.08. The number of nitrogens with zero attached hydrogens (tertiary/aromatic N) is 2. The summed E-state index contributed by atoms with van der Waals surface area (Å²) in [6, 6.07) is 0. The van der Waals surface area contributed by atoms with Gasteiger partial charge in [-0.1, -0.05) is 26.2 Å². The molecule has 0 aliphatic rings. The fourth-order valence-corrected chi connectivity index (χ4v) is 4.04. The van der Waals surface area contributed by atoms with Crippen molar-refractivity contribution in [2.45, 2.75) is 128 Å². The average Bonchev–Trinajstić information content (AvgIpc) is 2.88. The van der Waals surface area contributed by atoms with Crippen molar-refractivity contribution in [3.05, 3.63) is 0 Å². The Hall–Kier alpha value is -2.32. The lowest BCUT2D eigenvalue weighted by molar-refractivity contribution is -0.156. The van der Waals surface area contributed by atoms with Crippen LogP contribution in [0, 0.1) is 0 Å². The van der Waals surface area contributed by atoms with Gasteiger partial charge < -0.3 is 47.8 Å². The molecule has 0 aliphatic heterocycles. The Balaban J connectivity index is 4.15. The zero-order valence-electron chi connectivity index (χ0n) is 25.9. The van der Waals surface area contributed by atoms with Crippen LogP contribution in [-0.4, -0.2) is 106 Å². The van der Waals surface area contributed by atoms with Crippen LogP contribution in [0.3, 0.4) is 0 Å². The van der Waals surface area contributed by atoms with Crippen LogP contribution in [0.4, 0.5) is 0 Å². The second-order valence-corrected chi connectivity index (χ2v) is 12.1. The third-order valence-corrected chi connectivity index (χ3v) is 6.28. The summed E-state index contributed by atoms with van der Waals surface area (Å²) in [6.45, 7) is 13.3. The first-order chi connectivity index (χ1) is 19.0. The molecule has 4 unspecified atom stereocenters. The van der Waals surface area contributed by atoms with Crippen LogP contribution in [0.25, 0.3) is 0 Å². The first-order valence-electron chi connectivity index (χ1n) is 14.7. The number of hydrogen-bond donors (Lipinski definition) is 9. The van der Waals surface area contributed by atoms with Crippen molar-refractivity contribution in [2.24, 2.45) is 21.5 Å². The average molecular weight is 588 g/mol. The molecule has 2 amide bonds. The van der Waals surface area contributed by atoms with Crippen molar-refractivity contribution in [2.75, 3.05) is 26.2 Å². The number of hydrogen-bond acceptors (Lipinski definition) is 9. The molecule has 0 radical (unpaired) electrons. The van der Waals surface area contributed by atoms with Crippen molar-refractivity contribution >= 4 is 23.5 Å². The van der Waals surface area contributed by atoms with Crippen molar-refractivity contribution < 1.29 is 30.0 Å². The van der Waals surface area contributed by atoms with Crippen molar-refractivity contribution in [3.63, 3.8) is 0 Å². The van der Waals surface area contributed by atoms with Gasteiger partial charge in [0, 0.05) is 37.0 Å². The topological polar surface area (TPSA) is 228 Å². The predicted octanol–water partition coefficient (Wildman–Crippen LogP) is -0.316. The number of carbonyl (C=O) groups excluding carboxylic acids is 2. The summed E-state index contributed by atoms with van der Waals surface area (Å²) < 4.78 is 0. The Morgan fingerprint density at radius 3 is 1.68 bits per heavy atom. The van der Waals surface area contributed by atoms with E-state index in [-0.39, 0.29) is 18.6 Å². The molecule has 11 N–H and O–H groups in total. The van der Waals surface area contributed by atoms with Gasteiger partial charge in [0.05, 0.1) is 24.8 Å². The van der Waals surface area contributed by atoms with Gasteiger partial charge in [0.1, 0.15) is 12.2 Å². The number of nitrogens with one attached hydrogen (secondary N) is 3. The molecule has 0 rings (SSSR count). The molecule has 0 saturated carbocycles. The fourth-order valence-electron chi connectivity index (χ4n) is 4.04. The molecule has 0 fully saturated rings. The molecule has 0 heterocycles. The number of amides is 2. The Labute approximate surface area is 245 Å². The Morgan fingerprint density at radius 2 is 1.22 bits per heavy atom. The van der Waals surface area contributed by atoms with E-state index >= 15 is 0 Å². The van der Waals surface area contributed by atoms with Crippen LogP contribution >= 0.6 is 0 Å². The lowest BCUT2D eigenvalue weighted by atomic mass is 9.99. The SMILES string of the molecule is CCCC(C)(C)NCCN=C(N)CCCCCCC(N)=NCCNC(=O)C(O)C(O)C(O)C(O)C(=O)NC(C)(C)C. The van der Waals surface area contributed by atoms with Gasteiger partial charge in [-0.3, -0.25) is 19.6 Å². The van der Waals surface area contributed by atoms with Crippen molar-refractivity contribution in [3.8, 4) is 0 Å². The second-order valence-electron chi connectivity index (χ2n) is 12.1. The smallest absolute Gasteiger partial charge is 0.252 e. The number of nitrogens with two attached hydrogens (primary N) is 2. The third kappa shape index (κ3) is 18.7. The highest BCUT2D eigenvalue weighted by Crippen LogP contribution is 2.10. The summed E-state index contributed by atoms with van der Waals surface area (Å²) in [6.07, 6.45) is -0.815. The summed E-state index contributed by atoms with van der Waals surface area (Å²) in [7, 11) is 0. The number of aliphatic hydroxyl groups is 4. The molecular formula is C28H57N7O6. The first kappa shape index (κ1) is 38.7. The highest BCUT2D eigenvalue weighted by molar-refractivity contribution is 5.83. The predicted molar refractivity (Wildman–Crippen MR) is 163 cm³/mol. The second kappa shape index (κ2) is 19.7. The van der Waals surface area contributed by atoms with Gasteiger partial charge in [0.2, 0.25) is 0 Å². The molecule has 41 heavy (non-hydrogen) atoms. The molecule has 0 aliphatic carbocycles. The highest BCUT2D eigenvalue weighted by atomic mass is 16.4. The number of rotatable bonds is 21. The van der Waals surface area contributed by atoms with E-state index < -0.39 is 41.8 Å². The lowest BCUT2D eigenvalue weighted by Crippen LogP contribution is -2.56. The number of amidine groups is 2. The van der Waals surface area contributed by atoms with Gasteiger partial charge in [-0.15, -0.1) is 0 Å². The van der Waals surface area contributed by atoms with Gasteiger partial charge in [-0.25, -0.2) is 0 Å². The highest BCUT2D eigenvalue weighted by Gasteiger charge is 2.38. The van der Waals surface area contributed by atoms with E-state index in [4.69, 9.17) is 11.5 Å². The molecule has 0 aromatic carbocycles. The lowest BCUT2D eigenvalue weighted by Gasteiger charge is -2.28. The first-order valence-corrected chi connectivity index (χ1v) is 14.7. The van der Waals surface area contributed by atoms with Crippen molar-refractivity contribution in [1.29, 1.82) is 0 Å². The molecule has 4 atom stereocenters. The number of unbranched alkanes of at least 4 members (excludes halogenated alkanes) is 3. The molecule has 0 bridgehead atoms. The normalized spacial score (nSPS) is 16.1. The van der Waals surface area contributed by atoms with Crippen LogP contribution in [0.2, 0.25) is 0 Å². The summed E-state index contributed by atoms with van der Waals surface area (Å²) >= 11 is 0. The van der Waals surface area contributed by atoms with Crippen LogP contribution in [0.15, 0.2) is 9.98 Å². The summed E-state index contributed by atoms with van der Waals surface area (Å²) in [5.41, 5.74) is 11.4. The van der Waals surface area contributed by atoms with Crippen LogP contribution in [0.1, 0.15) is 92.9 Å². The summed E-state index contributed by atoms with van der Waals surface area (Å²) in [5, 5.41) is 48.3. The number of carbonyl (C=O) groups is 2. The molecule has 0 aromatic rings. The maximum Gasteiger partial charge on any atom is 0.252 e. The fraction of sp³-hybridized carbons (Fsp3) is 0.857. The number of aliphatic hydroxyl groups excluding tert-OH is 4. The molecule has 13 heteroatoms. The van der Waals surface area contributed by atoms with E-state index in [1.807, 2.05) is 0 Å². The van der Waals surface area contributed by atoms with E-state index in [1.165, 1.54) is 0 Å². The van der Waals surface area contributed by atoms with E-state index in [0.717, 1.165) is 51.5 Å². The third-order valence-electron chi connectivity index (χ3n) is 6.28. The van der Waals surface area contributed by atoms with Crippen LogP contribution in [0.5, 0.6) is 0 Å². The zero-order valence-corrected chi connectivity index (χ0v) is 25.9. The Morgan fingerprint density at radius 1 is 0.756 bits per heavy atom. The van der Waals surface area contributed by atoms with Crippen LogP contribution < -0.4 is 27.4 Å². The zero-order chi connectivity index (χ0) is 31.6. The molecule has 0 aromatic heterocycles. The Bertz CT molecular complexity index is 829. The summed E-state index contributed by atoms with van der Waals surface area (Å²) in [5.74, 6) is -0.793. The monoisotopic (exact) mass is 587 g/mol. The largest absolute Gasteiger partial charge is 0.387 e. The van der Waals surface area contributed by atoms with Crippen molar-refractivity contribution in [1.82, 2.24) is 16.0 Å². The maximum atomic E-state index is 12.1. The quantitative estimate of drug-likeness (QED) is 0.0486. The van der Waals surface area contributed by atoms with Gasteiger partial charge in [-0.05, 0) is 53.9 Å².